The Kier molecular flexibility index (Phi) is 5.35. The first kappa shape index (κ1) is 20.4. The number of carbonyl (C=O) groups excluding carboxylic acids is 1. The summed E-state index contributed by atoms with van der Waals surface area (Å²) in [4.78, 5) is 29.3. The lowest BCUT2D eigenvalue weighted by atomic mass is 10.1. The van der Waals surface area contributed by atoms with Crippen molar-refractivity contribution in [2.45, 2.75) is 18.2 Å². The standard InChI is InChI=1S/C22H20N4O4S/c1-2-14-6-5-7-15(12-14)23-21(27)17-8-3-4-9-18(17)26-31(29,30)16-10-11-19-20(13-16)25-22(28)24-19/h3-13,26H,2H2,1H3,(H,23,27)(H2,24,25,28). The summed E-state index contributed by atoms with van der Waals surface area (Å²) in [5, 5.41) is 2.81. The number of benzene rings is 3. The molecule has 8 nitrogen and oxygen atoms in total. The van der Waals surface area contributed by atoms with Crippen LogP contribution in [-0.2, 0) is 16.4 Å². The monoisotopic (exact) mass is 436 g/mol. The van der Waals surface area contributed by atoms with Crippen LogP contribution in [0.4, 0.5) is 11.4 Å². The molecule has 0 unspecified atom stereocenters. The van der Waals surface area contributed by atoms with Gasteiger partial charge in [-0.15, -0.1) is 0 Å². The van der Waals surface area contributed by atoms with Gasteiger partial charge in [0.1, 0.15) is 0 Å². The molecular weight excluding hydrogens is 416 g/mol. The Hall–Kier alpha value is -3.85. The van der Waals surface area contributed by atoms with Gasteiger partial charge in [0.15, 0.2) is 0 Å². The van der Waals surface area contributed by atoms with Gasteiger partial charge in [-0.1, -0.05) is 31.2 Å². The highest BCUT2D eigenvalue weighted by Crippen LogP contribution is 2.23. The number of anilines is 2. The number of carbonyl (C=O) groups is 1. The third-order valence-corrected chi connectivity index (χ3v) is 6.17. The maximum Gasteiger partial charge on any atom is 0.323 e. The molecular formula is C22H20N4O4S. The van der Waals surface area contributed by atoms with Crippen molar-refractivity contribution in [3.05, 3.63) is 88.3 Å². The normalized spacial score (nSPS) is 11.4. The van der Waals surface area contributed by atoms with Gasteiger partial charge in [-0.2, -0.15) is 0 Å². The fourth-order valence-corrected chi connectivity index (χ4v) is 4.33. The zero-order chi connectivity index (χ0) is 22.0. The molecule has 0 radical (unpaired) electrons. The predicted molar refractivity (Wildman–Crippen MR) is 120 cm³/mol. The summed E-state index contributed by atoms with van der Waals surface area (Å²) in [6.07, 6.45) is 0.830. The van der Waals surface area contributed by atoms with E-state index in [9.17, 15) is 18.0 Å². The van der Waals surface area contributed by atoms with Gasteiger partial charge in [-0.25, -0.2) is 13.2 Å². The van der Waals surface area contributed by atoms with Crippen molar-refractivity contribution in [2.24, 2.45) is 0 Å². The van der Waals surface area contributed by atoms with E-state index in [4.69, 9.17) is 0 Å². The van der Waals surface area contributed by atoms with Crippen molar-refractivity contribution < 1.29 is 13.2 Å². The number of amides is 1. The molecule has 4 N–H and O–H groups in total. The van der Waals surface area contributed by atoms with Crippen LogP contribution in [0.2, 0.25) is 0 Å². The summed E-state index contributed by atoms with van der Waals surface area (Å²) in [5.41, 5.74) is 2.48. The van der Waals surface area contributed by atoms with Gasteiger partial charge in [0, 0.05) is 5.69 Å². The number of aryl methyl sites for hydroxylation is 1. The fraction of sp³-hybridized carbons (Fsp3) is 0.0909. The van der Waals surface area contributed by atoms with Crippen molar-refractivity contribution in [3.8, 4) is 0 Å². The smallest absolute Gasteiger partial charge is 0.322 e. The predicted octanol–water partition coefficient (Wildman–Crippen LogP) is 3.47. The highest BCUT2D eigenvalue weighted by molar-refractivity contribution is 7.92. The Balaban J connectivity index is 1.62. The van der Waals surface area contributed by atoms with Gasteiger partial charge < -0.3 is 15.3 Å². The minimum Gasteiger partial charge on any atom is -0.322 e. The van der Waals surface area contributed by atoms with Crippen LogP contribution in [0.25, 0.3) is 11.0 Å². The Morgan fingerprint density at radius 3 is 2.52 bits per heavy atom. The third kappa shape index (κ3) is 4.36. The summed E-state index contributed by atoms with van der Waals surface area (Å²) in [6, 6.07) is 18.1. The van der Waals surface area contributed by atoms with E-state index in [2.05, 4.69) is 20.0 Å². The molecule has 0 fully saturated rings. The van der Waals surface area contributed by atoms with Gasteiger partial charge in [-0.3, -0.25) is 9.52 Å². The van der Waals surface area contributed by atoms with Gasteiger partial charge in [0.2, 0.25) is 0 Å². The number of aromatic nitrogens is 2. The lowest BCUT2D eigenvalue weighted by molar-refractivity contribution is 0.102. The molecule has 0 bridgehead atoms. The molecule has 31 heavy (non-hydrogen) atoms. The largest absolute Gasteiger partial charge is 0.323 e. The summed E-state index contributed by atoms with van der Waals surface area (Å²) >= 11 is 0. The number of nitrogens with one attached hydrogen (secondary N) is 4. The molecule has 4 rings (SSSR count). The number of aromatic amines is 2. The number of sulfonamides is 1. The first-order valence-electron chi connectivity index (χ1n) is 9.60. The second-order valence-corrected chi connectivity index (χ2v) is 8.63. The van der Waals surface area contributed by atoms with E-state index in [-0.39, 0.29) is 16.1 Å². The lowest BCUT2D eigenvalue weighted by Gasteiger charge is -2.13. The average Bonchev–Trinajstić information content (AvgIpc) is 3.13. The Labute approximate surface area is 178 Å². The zero-order valence-electron chi connectivity index (χ0n) is 16.6. The maximum atomic E-state index is 12.9. The molecule has 1 heterocycles. The number of hydrogen-bond acceptors (Lipinski definition) is 4. The van der Waals surface area contributed by atoms with Crippen molar-refractivity contribution >= 4 is 38.3 Å². The van der Waals surface area contributed by atoms with Crippen LogP contribution >= 0.6 is 0 Å². The molecule has 1 aromatic heterocycles. The van der Waals surface area contributed by atoms with Crippen LogP contribution in [0.1, 0.15) is 22.8 Å². The summed E-state index contributed by atoms with van der Waals surface area (Å²) in [6.45, 7) is 2.02. The van der Waals surface area contributed by atoms with Crippen molar-refractivity contribution in [2.75, 3.05) is 10.0 Å². The van der Waals surface area contributed by atoms with Crippen molar-refractivity contribution in [3.63, 3.8) is 0 Å². The molecule has 0 aliphatic heterocycles. The first-order chi connectivity index (χ1) is 14.9. The summed E-state index contributed by atoms with van der Waals surface area (Å²) in [7, 11) is -4.00. The Morgan fingerprint density at radius 1 is 0.935 bits per heavy atom. The van der Waals surface area contributed by atoms with Crippen LogP contribution in [-0.4, -0.2) is 24.3 Å². The minimum atomic E-state index is -4.00. The third-order valence-electron chi connectivity index (χ3n) is 4.81. The maximum absolute atomic E-state index is 12.9. The van der Waals surface area contributed by atoms with Crippen LogP contribution in [0, 0.1) is 0 Å². The van der Waals surface area contributed by atoms with E-state index >= 15 is 0 Å². The van der Waals surface area contributed by atoms with Crippen LogP contribution in [0.3, 0.4) is 0 Å². The number of fused-ring (bicyclic) bond motifs is 1. The minimum absolute atomic E-state index is 0.0406. The van der Waals surface area contributed by atoms with Gasteiger partial charge in [-0.05, 0) is 54.4 Å². The van der Waals surface area contributed by atoms with E-state index in [0.29, 0.717) is 16.7 Å². The van der Waals surface area contributed by atoms with Crippen LogP contribution in [0.15, 0.2) is 76.4 Å². The van der Waals surface area contributed by atoms with Crippen LogP contribution < -0.4 is 15.7 Å². The van der Waals surface area contributed by atoms with E-state index in [1.165, 1.54) is 24.3 Å². The van der Waals surface area contributed by atoms with Gasteiger partial charge >= 0.3 is 5.69 Å². The number of H-pyrrole nitrogens is 2. The molecule has 0 aliphatic rings. The second-order valence-electron chi connectivity index (χ2n) is 6.95. The molecule has 158 valence electrons. The summed E-state index contributed by atoms with van der Waals surface area (Å²) < 4.78 is 28.3. The van der Waals surface area contributed by atoms with E-state index < -0.39 is 21.6 Å². The molecule has 4 aromatic rings. The first-order valence-corrected chi connectivity index (χ1v) is 11.1. The molecule has 1 amide bonds. The SMILES string of the molecule is CCc1cccc(NC(=O)c2ccccc2NS(=O)(=O)c2ccc3[nH]c(=O)[nH]c3c2)c1. The number of hydrogen-bond donors (Lipinski definition) is 4. The van der Waals surface area contributed by atoms with E-state index in [1.54, 1.807) is 24.3 Å². The highest BCUT2D eigenvalue weighted by Gasteiger charge is 2.19. The van der Waals surface area contributed by atoms with Gasteiger partial charge in [0.25, 0.3) is 15.9 Å². The zero-order valence-corrected chi connectivity index (χ0v) is 17.4. The molecule has 3 aromatic carbocycles. The van der Waals surface area contributed by atoms with Crippen molar-refractivity contribution in [1.29, 1.82) is 0 Å². The molecule has 0 spiro atoms. The number of imidazole rings is 1. The quantitative estimate of drug-likeness (QED) is 0.369. The second kappa shape index (κ2) is 8.11. The molecule has 0 saturated carbocycles. The Morgan fingerprint density at radius 2 is 1.71 bits per heavy atom. The topological polar surface area (TPSA) is 124 Å². The lowest BCUT2D eigenvalue weighted by Crippen LogP contribution is -2.18. The van der Waals surface area contributed by atoms with E-state index in [0.717, 1.165) is 12.0 Å². The van der Waals surface area contributed by atoms with Crippen molar-refractivity contribution in [1.82, 2.24) is 9.97 Å². The average molecular weight is 436 g/mol. The molecule has 0 saturated heterocycles. The highest BCUT2D eigenvalue weighted by atomic mass is 32.2. The Bertz CT molecular complexity index is 1440. The number of para-hydroxylation sites is 1. The van der Waals surface area contributed by atoms with E-state index in [1.807, 2.05) is 25.1 Å². The fourth-order valence-electron chi connectivity index (χ4n) is 3.22. The molecule has 0 aliphatic carbocycles. The van der Waals surface area contributed by atoms with Gasteiger partial charge in [0.05, 0.1) is 27.2 Å². The molecule has 9 heteroatoms. The summed E-state index contributed by atoms with van der Waals surface area (Å²) in [5.74, 6) is -0.433. The number of rotatable bonds is 6. The molecule has 0 atom stereocenters. The van der Waals surface area contributed by atoms with Crippen LogP contribution in [0.5, 0.6) is 0 Å².